The van der Waals surface area contributed by atoms with Crippen LogP contribution in [-0.2, 0) is 0 Å². The number of para-hydroxylation sites is 2. The molecule has 0 aliphatic carbocycles. The predicted molar refractivity (Wildman–Crippen MR) is 185 cm³/mol. The fourth-order valence-corrected chi connectivity index (χ4v) is 6.73. The lowest BCUT2D eigenvalue weighted by Crippen LogP contribution is -1.99. The van der Waals surface area contributed by atoms with Crippen LogP contribution in [0.3, 0.4) is 0 Å². The van der Waals surface area contributed by atoms with E-state index in [9.17, 15) is 0 Å². The van der Waals surface area contributed by atoms with E-state index in [1.165, 1.54) is 21.5 Å². The zero-order valence-electron chi connectivity index (χ0n) is 24.4. The van der Waals surface area contributed by atoms with Crippen LogP contribution < -0.4 is 0 Å². The minimum absolute atomic E-state index is 0.542. The maximum Gasteiger partial charge on any atom is 0.231 e. The lowest BCUT2D eigenvalue weighted by molar-refractivity contribution is 0.653. The molecule has 5 aromatic heterocycles. The number of furan rings is 1. The zero-order valence-corrected chi connectivity index (χ0v) is 24.4. The predicted octanol–water partition coefficient (Wildman–Crippen LogP) is 9.90. The monoisotopic (exact) mass is 589 g/mol. The van der Waals surface area contributed by atoms with Crippen molar-refractivity contribution in [2.24, 2.45) is 0 Å². The average Bonchev–Trinajstić information content (AvgIpc) is 3.65. The van der Waals surface area contributed by atoms with E-state index in [-0.39, 0.29) is 0 Å². The molecule has 214 valence electrons. The van der Waals surface area contributed by atoms with E-state index < -0.39 is 0 Å². The summed E-state index contributed by atoms with van der Waals surface area (Å²) in [6.45, 7) is 0. The zero-order chi connectivity index (χ0) is 30.2. The third-order valence-corrected chi connectivity index (χ3v) is 8.89. The van der Waals surface area contributed by atoms with Gasteiger partial charge in [-0.1, -0.05) is 78.9 Å². The Morgan fingerprint density at radius 2 is 1.33 bits per heavy atom. The first kappa shape index (κ1) is 25.0. The van der Waals surface area contributed by atoms with Crippen molar-refractivity contribution in [3.63, 3.8) is 0 Å². The van der Waals surface area contributed by atoms with E-state index in [0.29, 0.717) is 11.5 Å². The lowest BCUT2D eigenvalue weighted by atomic mass is 10.1. The molecule has 0 saturated carbocycles. The van der Waals surface area contributed by atoms with E-state index in [4.69, 9.17) is 19.4 Å². The minimum atomic E-state index is 0.542. The van der Waals surface area contributed by atoms with Gasteiger partial charge in [0, 0.05) is 45.1 Å². The SMILES string of the molecule is c1ccc2cc3c(cc2c1)c1ccccc1n3-c1ccc(-c2nc(-c3ccc4cccnc4c3)nc3oc4ccccc4c23)cn1. The van der Waals surface area contributed by atoms with Crippen LogP contribution in [-0.4, -0.2) is 24.5 Å². The van der Waals surface area contributed by atoms with Gasteiger partial charge in [-0.2, -0.15) is 4.98 Å². The second-order valence-electron chi connectivity index (χ2n) is 11.6. The first-order valence-corrected chi connectivity index (χ1v) is 15.2. The van der Waals surface area contributed by atoms with E-state index in [2.05, 4.69) is 94.5 Å². The van der Waals surface area contributed by atoms with Gasteiger partial charge in [0.25, 0.3) is 0 Å². The molecule has 0 fully saturated rings. The summed E-state index contributed by atoms with van der Waals surface area (Å²) >= 11 is 0. The smallest absolute Gasteiger partial charge is 0.231 e. The Hall–Kier alpha value is -6.40. The van der Waals surface area contributed by atoms with Crippen molar-refractivity contribution >= 4 is 65.6 Å². The van der Waals surface area contributed by atoms with Gasteiger partial charge in [-0.15, -0.1) is 0 Å². The number of nitrogens with zero attached hydrogens (tertiary/aromatic N) is 5. The van der Waals surface area contributed by atoms with Crippen LogP contribution in [0.2, 0.25) is 0 Å². The molecule has 0 bridgehead atoms. The summed E-state index contributed by atoms with van der Waals surface area (Å²) < 4.78 is 8.53. The lowest BCUT2D eigenvalue weighted by Gasteiger charge is -2.10. The fourth-order valence-electron chi connectivity index (χ4n) is 6.73. The molecule has 6 nitrogen and oxygen atoms in total. The Labute approximate surface area is 262 Å². The third-order valence-electron chi connectivity index (χ3n) is 8.89. The molecule has 0 aliphatic rings. The van der Waals surface area contributed by atoms with Crippen molar-refractivity contribution in [3.05, 3.63) is 140 Å². The Balaban J connectivity index is 1.18. The van der Waals surface area contributed by atoms with Crippen LogP contribution in [0.1, 0.15) is 0 Å². The van der Waals surface area contributed by atoms with Gasteiger partial charge in [0.1, 0.15) is 11.4 Å². The van der Waals surface area contributed by atoms with Gasteiger partial charge in [-0.25, -0.2) is 9.97 Å². The van der Waals surface area contributed by atoms with Crippen molar-refractivity contribution < 1.29 is 4.42 Å². The van der Waals surface area contributed by atoms with Crippen molar-refractivity contribution in [1.82, 2.24) is 24.5 Å². The molecule has 5 aromatic carbocycles. The molecule has 46 heavy (non-hydrogen) atoms. The Morgan fingerprint density at radius 3 is 2.22 bits per heavy atom. The van der Waals surface area contributed by atoms with Crippen LogP contribution >= 0.6 is 0 Å². The maximum atomic E-state index is 6.29. The molecule has 0 radical (unpaired) electrons. The van der Waals surface area contributed by atoms with Crippen molar-refractivity contribution in [2.75, 3.05) is 0 Å². The first-order chi connectivity index (χ1) is 22.8. The second-order valence-corrected chi connectivity index (χ2v) is 11.6. The highest BCUT2D eigenvalue weighted by Crippen LogP contribution is 2.38. The molecular weight excluding hydrogens is 566 g/mol. The molecular formula is C40H23N5O. The van der Waals surface area contributed by atoms with Gasteiger partial charge < -0.3 is 4.42 Å². The topological polar surface area (TPSA) is 69.6 Å². The largest absolute Gasteiger partial charge is 0.438 e. The van der Waals surface area contributed by atoms with Gasteiger partial charge in [0.15, 0.2) is 5.82 Å². The molecule has 10 aromatic rings. The molecule has 0 spiro atoms. The molecule has 0 amide bonds. The van der Waals surface area contributed by atoms with Gasteiger partial charge >= 0.3 is 0 Å². The normalized spacial score (nSPS) is 11.9. The van der Waals surface area contributed by atoms with Gasteiger partial charge in [-0.3, -0.25) is 9.55 Å². The van der Waals surface area contributed by atoms with Crippen LogP contribution in [0.5, 0.6) is 0 Å². The van der Waals surface area contributed by atoms with Crippen LogP contribution in [0.15, 0.2) is 144 Å². The van der Waals surface area contributed by atoms with Crippen molar-refractivity contribution in [3.8, 4) is 28.5 Å². The van der Waals surface area contributed by atoms with E-state index in [0.717, 1.165) is 60.9 Å². The summed E-state index contributed by atoms with van der Waals surface area (Å²) in [4.78, 5) is 19.7. The van der Waals surface area contributed by atoms with Crippen molar-refractivity contribution in [2.45, 2.75) is 0 Å². The maximum absolute atomic E-state index is 6.29. The highest BCUT2D eigenvalue weighted by atomic mass is 16.3. The molecule has 6 heteroatoms. The van der Waals surface area contributed by atoms with Crippen LogP contribution in [0.4, 0.5) is 0 Å². The van der Waals surface area contributed by atoms with Gasteiger partial charge in [0.2, 0.25) is 5.71 Å². The standard InChI is InChI=1S/C40H23N5O/c1-2-9-26-22-34-31(20-25(26)8-1)29-11-3-5-13-33(29)45(34)36-18-17-28(23-42-36)38-37-30-12-4-6-14-35(30)46-40(37)44-39(43-38)27-16-15-24-10-7-19-41-32(24)21-27/h1-23H. The van der Waals surface area contributed by atoms with E-state index in [1.54, 1.807) is 6.20 Å². The highest BCUT2D eigenvalue weighted by molar-refractivity contribution is 6.14. The molecule has 5 heterocycles. The minimum Gasteiger partial charge on any atom is -0.438 e. The average molecular weight is 590 g/mol. The molecule has 0 atom stereocenters. The second kappa shape index (κ2) is 9.55. The number of fused-ring (bicyclic) bond motifs is 8. The number of aromatic nitrogens is 5. The molecule has 0 saturated heterocycles. The van der Waals surface area contributed by atoms with Crippen LogP contribution in [0, 0.1) is 0 Å². The summed E-state index contributed by atoms with van der Waals surface area (Å²) in [6, 6.07) is 43.8. The highest BCUT2D eigenvalue weighted by Gasteiger charge is 2.20. The quantitative estimate of drug-likeness (QED) is 0.205. The van der Waals surface area contributed by atoms with E-state index >= 15 is 0 Å². The van der Waals surface area contributed by atoms with Gasteiger partial charge in [0.05, 0.1) is 27.6 Å². The summed E-state index contributed by atoms with van der Waals surface area (Å²) in [5, 5.41) is 7.73. The molecule has 0 unspecified atom stereocenters. The number of pyridine rings is 2. The molecule has 0 N–H and O–H groups in total. The molecule has 10 rings (SSSR count). The number of rotatable bonds is 3. The summed E-state index contributed by atoms with van der Waals surface area (Å²) in [5.41, 5.74) is 6.97. The third kappa shape index (κ3) is 3.70. The first-order valence-electron chi connectivity index (χ1n) is 15.2. The Bertz CT molecular complexity index is 2810. The fraction of sp³-hybridized carbons (Fsp3) is 0. The Morgan fingerprint density at radius 1 is 0.543 bits per heavy atom. The summed E-state index contributed by atoms with van der Waals surface area (Å²) in [5.74, 6) is 1.42. The van der Waals surface area contributed by atoms with Crippen molar-refractivity contribution in [1.29, 1.82) is 0 Å². The molecule has 0 aliphatic heterocycles. The number of hydrogen-bond acceptors (Lipinski definition) is 5. The van der Waals surface area contributed by atoms with E-state index in [1.807, 2.05) is 48.7 Å². The van der Waals surface area contributed by atoms with Crippen LogP contribution in [0.25, 0.3) is 94.0 Å². The summed E-state index contributed by atoms with van der Waals surface area (Å²) in [6.07, 6.45) is 3.71. The summed E-state index contributed by atoms with van der Waals surface area (Å²) in [7, 11) is 0. The Kier molecular flexibility index (Phi) is 5.19. The van der Waals surface area contributed by atoms with Gasteiger partial charge in [-0.05, 0) is 59.3 Å². The number of benzene rings is 5. The number of hydrogen-bond donors (Lipinski definition) is 0.